The van der Waals surface area contributed by atoms with Crippen molar-refractivity contribution in [1.82, 2.24) is 4.90 Å². The molecule has 5 aliphatic rings. The van der Waals surface area contributed by atoms with Crippen molar-refractivity contribution < 1.29 is 14.4 Å². The summed E-state index contributed by atoms with van der Waals surface area (Å²) in [4.78, 5) is 39.5. The zero-order chi connectivity index (χ0) is 19.0. The van der Waals surface area contributed by atoms with E-state index in [9.17, 15) is 14.4 Å². The van der Waals surface area contributed by atoms with E-state index in [1.54, 1.807) is 6.07 Å². The van der Waals surface area contributed by atoms with Crippen LogP contribution in [0.2, 0.25) is 5.02 Å². The number of allylic oxidation sites excluding steroid dienone is 2. The molecule has 1 N–H and O–H groups in total. The zero-order valence-electron chi connectivity index (χ0n) is 14.6. The topological polar surface area (TPSA) is 66.5 Å². The van der Waals surface area contributed by atoms with Gasteiger partial charge in [-0.2, -0.15) is 0 Å². The summed E-state index contributed by atoms with van der Waals surface area (Å²) in [6.07, 6.45) is 5.38. The highest BCUT2D eigenvalue weighted by molar-refractivity contribution is 9.10. The van der Waals surface area contributed by atoms with Crippen LogP contribution in [0, 0.1) is 42.4 Å². The van der Waals surface area contributed by atoms with Gasteiger partial charge in [0, 0.05) is 10.2 Å². The molecule has 140 valence electrons. The first-order chi connectivity index (χ1) is 12.9. The fourth-order valence-corrected chi connectivity index (χ4v) is 5.91. The molecule has 2 saturated carbocycles. The fourth-order valence-electron chi connectivity index (χ4n) is 5.29. The summed E-state index contributed by atoms with van der Waals surface area (Å²) in [5.41, 5.74) is 1.42. The van der Waals surface area contributed by atoms with Gasteiger partial charge in [-0.1, -0.05) is 23.8 Å². The van der Waals surface area contributed by atoms with Crippen molar-refractivity contribution in [2.24, 2.45) is 35.5 Å². The van der Waals surface area contributed by atoms with Crippen LogP contribution < -0.4 is 5.32 Å². The molecular weight excluding hydrogens is 432 g/mol. The molecule has 7 heteroatoms. The van der Waals surface area contributed by atoms with E-state index in [0.29, 0.717) is 22.5 Å². The van der Waals surface area contributed by atoms with Gasteiger partial charge in [0.2, 0.25) is 17.7 Å². The number of anilines is 1. The van der Waals surface area contributed by atoms with E-state index < -0.39 is 0 Å². The molecule has 3 fully saturated rings. The zero-order valence-corrected chi connectivity index (χ0v) is 17.0. The Balaban J connectivity index is 1.33. The number of rotatable bonds is 3. The average molecular weight is 450 g/mol. The molecule has 1 aromatic carbocycles. The first kappa shape index (κ1) is 17.4. The maximum Gasteiger partial charge on any atom is 0.244 e. The normalized spacial score (nSPS) is 35.3. The molecule has 1 aromatic rings. The monoisotopic (exact) mass is 448 g/mol. The molecule has 1 heterocycles. The van der Waals surface area contributed by atoms with E-state index in [1.165, 1.54) is 0 Å². The molecule has 6 atom stereocenters. The van der Waals surface area contributed by atoms with Crippen molar-refractivity contribution in [3.63, 3.8) is 0 Å². The smallest absolute Gasteiger partial charge is 0.244 e. The summed E-state index contributed by atoms with van der Waals surface area (Å²) in [5.74, 6) is 0.150. The van der Waals surface area contributed by atoms with Gasteiger partial charge in [0.05, 0.1) is 16.9 Å². The number of carbonyl (C=O) groups is 3. The molecule has 6 rings (SSSR count). The SMILES string of the molecule is Cc1cc(Br)c(Cl)cc1NC(=O)CN1C(=O)[C@@H]2[C@H]3C=C[C@@H]([C@@H]4C[C@H]34)[C@H]2C1=O. The van der Waals surface area contributed by atoms with Crippen molar-refractivity contribution in [3.05, 3.63) is 39.3 Å². The van der Waals surface area contributed by atoms with E-state index in [2.05, 4.69) is 33.4 Å². The molecule has 0 unspecified atom stereocenters. The Bertz CT molecular complexity index is 894. The van der Waals surface area contributed by atoms with Crippen LogP contribution >= 0.6 is 27.5 Å². The molecule has 1 saturated heterocycles. The first-order valence-corrected chi connectivity index (χ1v) is 10.3. The van der Waals surface area contributed by atoms with Gasteiger partial charge < -0.3 is 5.32 Å². The standard InChI is InChI=1S/C20H18BrClN2O3/c1-8-4-13(21)14(22)6-15(8)23-16(25)7-24-19(26)17-9-2-3-10(12-5-11(9)12)18(17)20(24)27/h2-4,6,9-12,17-18H,5,7H2,1H3,(H,23,25)/t9-,10-,11-,12+,17+,18+/m0/s1. The Hall–Kier alpha value is -1.66. The number of benzene rings is 1. The lowest BCUT2D eigenvalue weighted by Crippen LogP contribution is -2.40. The Morgan fingerprint density at radius 1 is 1.19 bits per heavy atom. The lowest BCUT2D eigenvalue weighted by Gasteiger charge is -2.37. The van der Waals surface area contributed by atoms with Gasteiger partial charge in [-0.15, -0.1) is 0 Å². The van der Waals surface area contributed by atoms with Crippen LogP contribution in [0.1, 0.15) is 12.0 Å². The summed E-state index contributed by atoms with van der Waals surface area (Å²) < 4.78 is 0.746. The van der Waals surface area contributed by atoms with Gasteiger partial charge in [0.1, 0.15) is 6.54 Å². The third-order valence-corrected chi connectivity index (χ3v) is 7.79. The number of nitrogens with one attached hydrogen (secondary N) is 1. The van der Waals surface area contributed by atoms with E-state index in [1.807, 2.05) is 13.0 Å². The predicted octanol–water partition coefficient (Wildman–Crippen LogP) is 3.40. The second-order valence-corrected chi connectivity index (χ2v) is 9.31. The summed E-state index contributed by atoms with van der Waals surface area (Å²) >= 11 is 9.45. The first-order valence-electron chi connectivity index (χ1n) is 9.16. The molecule has 27 heavy (non-hydrogen) atoms. The Morgan fingerprint density at radius 2 is 1.78 bits per heavy atom. The fraction of sp³-hybridized carbons (Fsp3) is 0.450. The highest BCUT2D eigenvalue weighted by atomic mass is 79.9. The van der Waals surface area contributed by atoms with Gasteiger partial charge in [-0.05, 0) is 70.6 Å². The third kappa shape index (κ3) is 2.53. The largest absolute Gasteiger partial charge is 0.324 e. The van der Waals surface area contributed by atoms with Crippen LogP contribution in [0.4, 0.5) is 5.69 Å². The van der Waals surface area contributed by atoms with Crippen molar-refractivity contribution in [1.29, 1.82) is 0 Å². The van der Waals surface area contributed by atoms with Crippen LogP contribution in [0.5, 0.6) is 0 Å². The van der Waals surface area contributed by atoms with Crippen molar-refractivity contribution >= 4 is 50.9 Å². The summed E-state index contributed by atoms with van der Waals surface area (Å²) in [6.45, 7) is 1.61. The van der Waals surface area contributed by atoms with Gasteiger partial charge >= 0.3 is 0 Å². The lowest BCUT2D eigenvalue weighted by atomic mass is 9.63. The minimum Gasteiger partial charge on any atom is -0.324 e. The number of imide groups is 1. The minimum atomic E-state index is -0.387. The second-order valence-electron chi connectivity index (χ2n) is 8.05. The second kappa shape index (κ2) is 5.92. The van der Waals surface area contributed by atoms with Crippen LogP contribution in [-0.2, 0) is 14.4 Å². The average Bonchev–Trinajstić information content (AvgIpc) is 3.41. The van der Waals surface area contributed by atoms with E-state index in [-0.39, 0.29) is 47.9 Å². The maximum absolute atomic E-state index is 12.9. The van der Waals surface area contributed by atoms with Gasteiger partial charge in [0.25, 0.3) is 0 Å². The summed E-state index contributed by atoms with van der Waals surface area (Å²) in [6, 6.07) is 3.47. The quantitative estimate of drug-likeness (QED) is 0.568. The molecular formula is C20H18BrClN2O3. The number of carbonyl (C=O) groups excluding carboxylic acids is 3. The van der Waals surface area contributed by atoms with Gasteiger partial charge in [0.15, 0.2) is 0 Å². The molecule has 3 amide bonds. The van der Waals surface area contributed by atoms with Crippen molar-refractivity contribution in [2.75, 3.05) is 11.9 Å². The highest BCUT2D eigenvalue weighted by Crippen LogP contribution is 2.65. The van der Waals surface area contributed by atoms with Crippen LogP contribution in [0.3, 0.4) is 0 Å². The Morgan fingerprint density at radius 3 is 2.37 bits per heavy atom. The molecule has 5 nitrogen and oxygen atoms in total. The van der Waals surface area contributed by atoms with Gasteiger partial charge in [-0.25, -0.2) is 0 Å². The number of amides is 3. The highest BCUT2D eigenvalue weighted by Gasteiger charge is 2.67. The van der Waals surface area contributed by atoms with E-state index in [4.69, 9.17) is 11.6 Å². The van der Waals surface area contributed by atoms with Crippen LogP contribution in [0.25, 0.3) is 0 Å². The Labute approximate surface area is 170 Å². The predicted molar refractivity (Wildman–Crippen MR) is 104 cm³/mol. The minimum absolute atomic E-state index is 0.169. The van der Waals surface area contributed by atoms with Crippen LogP contribution in [-0.4, -0.2) is 29.2 Å². The van der Waals surface area contributed by atoms with E-state index >= 15 is 0 Å². The molecule has 4 aliphatic carbocycles. The Kier molecular flexibility index (Phi) is 3.82. The number of hydrogen-bond acceptors (Lipinski definition) is 3. The molecule has 0 aromatic heterocycles. The molecule has 0 radical (unpaired) electrons. The molecule has 1 aliphatic heterocycles. The third-order valence-electron chi connectivity index (χ3n) is 6.60. The number of aryl methyl sites for hydroxylation is 1. The molecule has 2 bridgehead atoms. The molecule has 0 spiro atoms. The number of halogens is 2. The van der Waals surface area contributed by atoms with Crippen LogP contribution in [0.15, 0.2) is 28.8 Å². The van der Waals surface area contributed by atoms with Crippen molar-refractivity contribution in [2.45, 2.75) is 13.3 Å². The lowest BCUT2D eigenvalue weighted by molar-refractivity contribution is -0.142. The number of hydrogen-bond donors (Lipinski definition) is 1. The van der Waals surface area contributed by atoms with Crippen molar-refractivity contribution in [3.8, 4) is 0 Å². The van der Waals surface area contributed by atoms with Gasteiger partial charge in [-0.3, -0.25) is 19.3 Å². The maximum atomic E-state index is 12.9. The van der Waals surface area contributed by atoms with E-state index in [0.717, 1.165) is 21.4 Å². The summed E-state index contributed by atoms with van der Waals surface area (Å²) in [7, 11) is 0. The summed E-state index contributed by atoms with van der Waals surface area (Å²) in [5, 5.41) is 3.26. The number of likely N-dealkylation sites (tertiary alicyclic amines) is 1. The number of nitrogens with zero attached hydrogens (tertiary/aromatic N) is 1.